The van der Waals surface area contributed by atoms with Crippen molar-refractivity contribution < 1.29 is 4.79 Å². The van der Waals surface area contributed by atoms with Crippen molar-refractivity contribution in [3.8, 4) is 0 Å². The third-order valence-electron chi connectivity index (χ3n) is 10.4. The molecule has 5 rings (SSSR count). The van der Waals surface area contributed by atoms with Crippen LogP contribution in [0, 0.1) is 52.8 Å². The Hall–Kier alpha value is -0.790. The smallest absolute Gasteiger partial charge is 0.223 e. The number of carbonyl (C=O) groups excluding carboxylic acids is 1. The summed E-state index contributed by atoms with van der Waals surface area (Å²) in [6.07, 6.45) is 16.2. The summed E-state index contributed by atoms with van der Waals surface area (Å²) in [5.41, 5.74) is 7.18. The van der Waals surface area contributed by atoms with E-state index in [4.69, 9.17) is 5.73 Å². The van der Waals surface area contributed by atoms with Gasteiger partial charge < -0.3 is 5.73 Å². The zero-order valence-electron chi connectivity index (χ0n) is 17.3. The third kappa shape index (κ3) is 2.60. The van der Waals surface area contributed by atoms with E-state index < -0.39 is 0 Å². The Morgan fingerprint density at radius 3 is 2.22 bits per heavy atom. The van der Waals surface area contributed by atoms with Crippen LogP contribution in [0.25, 0.3) is 0 Å². The number of fused-ring (bicyclic) bond motifs is 7. The van der Waals surface area contributed by atoms with E-state index in [-0.39, 0.29) is 11.3 Å². The molecule has 2 heteroatoms. The van der Waals surface area contributed by atoms with Crippen molar-refractivity contribution in [2.75, 3.05) is 0 Å². The monoisotopic (exact) mass is 369 g/mol. The van der Waals surface area contributed by atoms with E-state index in [0.717, 1.165) is 54.8 Å². The SMILES string of the molecule is C=C(C)C1CCC2(C(N)=O)CCC3C4CCC5CCCCC5C4CCC3C12. The molecule has 5 saturated carbocycles. The second-order valence-corrected chi connectivity index (χ2v) is 11.1. The van der Waals surface area contributed by atoms with Gasteiger partial charge in [-0.1, -0.05) is 31.4 Å². The number of primary amides is 1. The fourth-order valence-corrected chi connectivity index (χ4v) is 9.38. The van der Waals surface area contributed by atoms with Crippen molar-refractivity contribution in [1.29, 1.82) is 0 Å². The number of carbonyl (C=O) groups is 1. The minimum absolute atomic E-state index is 0.00723. The molecule has 0 aliphatic heterocycles. The molecule has 0 heterocycles. The van der Waals surface area contributed by atoms with Gasteiger partial charge in [-0.05, 0) is 112 Å². The molecule has 0 aromatic carbocycles. The van der Waals surface area contributed by atoms with E-state index in [2.05, 4.69) is 13.5 Å². The standard InChI is InChI=1S/C25H39NO/c1-15(2)17-11-13-25(24(26)27)14-12-21-20-8-7-16-5-3-4-6-18(16)19(20)9-10-22(21)23(17)25/h16-23H,1,3-14H2,2H3,(H2,26,27). The third-order valence-corrected chi connectivity index (χ3v) is 10.4. The topological polar surface area (TPSA) is 43.1 Å². The van der Waals surface area contributed by atoms with Crippen LogP contribution in [-0.2, 0) is 4.79 Å². The van der Waals surface area contributed by atoms with Crippen LogP contribution in [0.2, 0.25) is 0 Å². The lowest BCUT2D eigenvalue weighted by atomic mass is 9.46. The molecule has 1 amide bonds. The molecule has 0 saturated heterocycles. The Balaban J connectivity index is 1.44. The van der Waals surface area contributed by atoms with Crippen LogP contribution in [-0.4, -0.2) is 5.91 Å². The lowest BCUT2D eigenvalue weighted by Crippen LogP contribution is -2.55. The molecule has 2 N–H and O–H groups in total. The van der Waals surface area contributed by atoms with Crippen molar-refractivity contribution in [2.45, 2.75) is 84.0 Å². The van der Waals surface area contributed by atoms with Crippen molar-refractivity contribution in [3.05, 3.63) is 12.2 Å². The van der Waals surface area contributed by atoms with Gasteiger partial charge in [-0.15, -0.1) is 0 Å². The maximum absolute atomic E-state index is 12.7. The minimum Gasteiger partial charge on any atom is -0.369 e. The Bertz CT molecular complexity index is 626. The van der Waals surface area contributed by atoms with Crippen molar-refractivity contribution in [2.24, 2.45) is 58.5 Å². The second-order valence-electron chi connectivity index (χ2n) is 11.1. The van der Waals surface area contributed by atoms with Gasteiger partial charge in [-0.25, -0.2) is 0 Å². The first-order valence-electron chi connectivity index (χ1n) is 12.0. The summed E-state index contributed by atoms with van der Waals surface area (Å²) in [5.74, 6) is 6.65. The number of amides is 1. The van der Waals surface area contributed by atoms with Gasteiger partial charge in [-0.3, -0.25) is 4.79 Å². The molecule has 0 bridgehead atoms. The Kier molecular flexibility index (Phi) is 4.48. The molecule has 9 unspecified atom stereocenters. The van der Waals surface area contributed by atoms with E-state index in [0.29, 0.717) is 11.8 Å². The molecule has 0 radical (unpaired) electrons. The van der Waals surface area contributed by atoms with Gasteiger partial charge >= 0.3 is 0 Å². The van der Waals surface area contributed by atoms with Crippen LogP contribution in [0.15, 0.2) is 12.2 Å². The number of hydrogen-bond donors (Lipinski definition) is 1. The summed E-state index contributed by atoms with van der Waals surface area (Å²) >= 11 is 0. The summed E-state index contributed by atoms with van der Waals surface area (Å²) in [7, 11) is 0. The molecule has 0 aromatic heterocycles. The summed E-state index contributed by atoms with van der Waals surface area (Å²) < 4.78 is 0. The lowest BCUT2D eigenvalue weighted by molar-refractivity contribution is -0.143. The van der Waals surface area contributed by atoms with Gasteiger partial charge in [0.15, 0.2) is 0 Å². The largest absolute Gasteiger partial charge is 0.369 e. The average Bonchev–Trinajstić information content (AvgIpc) is 3.09. The fraction of sp³-hybridized carbons (Fsp3) is 0.880. The fourth-order valence-electron chi connectivity index (χ4n) is 9.38. The first kappa shape index (κ1) is 18.3. The summed E-state index contributed by atoms with van der Waals surface area (Å²) in [5, 5.41) is 0. The van der Waals surface area contributed by atoms with Gasteiger partial charge in [0, 0.05) is 0 Å². The highest BCUT2D eigenvalue weighted by Gasteiger charge is 2.61. The molecular weight excluding hydrogens is 330 g/mol. The molecule has 2 nitrogen and oxygen atoms in total. The minimum atomic E-state index is -0.209. The molecular formula is C25H39NO. The zero-order chi connectivity index (χ0) is 18.8. The van der Waals surface area contributed by atoms with Crippen molar-refractivity contribution >= 4 is 5.91 Å². The van der Waals surface area contributed by atoms with Gasteiger partial charge in [-0.2, -0.15) is 0 Å². The molecule has 27 heavy (non-hydrogen) atoms. The van der Waals surface area contributed by atoms with Crippen molar-refractivity contribution in [1.82, 2.24) is 0 Å². The molecule has 5 aliphatic rings. The predicted octanol–water partition coefficient (Wildman–Crippen LogP) is 5.71. The van der Waals surface area contributed by atoms with Crippen molar-refractivity contribution in [3.63, 3.8) is 0 Å². The van der Waals surface area contributed by atoms with Crippen LogP contribution in [0.4, 0.5) is 0 Å². The summed E-state index contributed by atoms with van der Waals surface area (Å²) in [6, 6.07) is 0. The van der Waals surface area contributed by atoms with Gasteiger partial charge in [0.1, 0.15) is 0 Å². The molecule has 150 valence electrons. The Morgan fingerprint density at radius 2 is 1.44 bits per heavy atom. The number of rotatable bonds is 2. The maximum Gasteiger partial charge on any atom is 0.223 e. The first-order valence-corrected chi connectivity index (χ1v) is 12.0. The molecule has 5 aliphatic carbocycles. The number of nitrogens with two attached hydrogens (primary N) is 1. The van der Waals surface area contributed by atoms with Gasteiger partial charge in [0.25, 0.3) is 0 Å². The lowest BCUT2D eigenvalue weighted by Gasteiger charge is -2.58. The number of hydrogen-bond acceptors (Lipinski definition) is 1. The Labute approximate surface area is 165 Å². The van der Waals surface area contributed by atoms with E-state index in [9.17, 15) is 4.79 Å². The second kappa shape index (κ2) is 6.63. The van der Waals surface area contributed by atoms with E-state index >= 15 is 0 Å². The quantitative estimate of drug-likeness (QED) is 0.622. The summed E-state index contributed by atoms with van der Waals surface area (Å²) in [6.45, 7) is 6.54. The van der Waals surface area contributed by atoms with E-state index in [1.54, 1.807) is 0 Å². The van der Waals surface area contributed by atoms with Crippen LogP contribution < -0.4 is 5.73 Å². The molecule has 0 spiro atoms. The Morgan fingerprint density at radius 1 is 0.815 bits per heavy atom. The average molecular weight is 370 g/mol. The summed E-state index contributed by atoms with van der Waals surface area (Å²) in [4.78, 5) is 12.7. The molecule has 5 fully saturated rings. The highest BCUT2D eigenvalue weighted by Crippen LogP contribution is 2.66. The highest BCUT2D eigenvalue weighted by molar-refractivity contribution is 5.82. The normalized spacial score (nSPS) is 51.4. The number of allylic oxidation sites excluding steroid dienone is 1. The van der Waals surface area contributed by atoms with E-state index in [1.165, 1.54) is 63.4 Å². The molecule has 9 atom stereocenters. The van der Waals surface area contributed by atoms with Crippen LogP contribution in [0.1, 0.15) is 84.0 Å². The predicted molar refractivity (Wildman–Crippen MR) is 110 cm³/mol. The highest BCUT2D eigenvalue weighted by atomic mass is 16.1. The zero-order valence-corrected chi connectivity index (χ0v) is 17.3. The first-order chi connectivity index (χ1) is 13.0. The van der Waals surface area contributed by atoms with E-state index in [1.807, 2.05) is 0 Å². The van der Waals surface area contributed by atoms with Crippen LogP contribution in [0.5, 0.6) is 0 Å². The molecule has 0 aromatic rings. The van der Waals surface area contributed by atoms with Gasteiger partial charge in [0.2, 0.25) is 5.91 Å². The van der Waals surface area contributed by atoms with Gasteiger partial charge in [0.05, 0.1) is 5.41 Å². The maximum atomic E-state index is 12.7. The van der Waals surface area contributed by atoms with Crippen LogP contribution in [0.3, 0.4) is 0 Å². The van der Waals surface area contributed by atoms with Crippen LogP contribution >= 0.6 is 0 Å².